The van der Waals surface area contributed by atoms with Crippen molar-refractivity contribution in [2.24, 2.45) is 11.8 Å². The van der Waals surface area contributed by atoms with Crippen LogP contribution in [0.2, 0.25) is 0 Å². The standard InChI is InChI=1S/C39H52N8O7/c1-20(2)31-38(53)43-23(6)34(49)44-30(18-26-19-40-28-16-12-11-15-27(26)28)36(51)42-22(5)33(48)41-24(7)35(50)46-32(21(3)4)39(54)45-29(37(52)47-31)17-25-13-9-8-10-14-25/h8-16,19-24,29-32,40H,17-18H2,1-7H3,(H,41,48)(H,42,51)(H,43,53)(H,44,49)(H,45,54)(H,46,50)(H,47,52)/t22-,23+,24+,29-,30+,31+,32+/m0/s1. The maximum absolute atomic E-state index is 13.9. The number of fused-ring (bicyclic) bond motifs is 1. The summed E-state index contributed by atoms with van der Waals surface area (Å²) in [7, 11) is 0. The molecule has 0 unspecified atom stereocenters. The molecule has 7 amide bonds. The van der Waals surface area contributed by atoms with Gasteiger partial charge in [-0.15, -0.1) is 0 Å². The first-order valence-corrected chi connectivity index (χ1v) is 18.3. The van der Waals surface area contributed by atoms with Crippen LogP contribution in [0.3, 0.4) is 0 Å². The summed E-state index contributed by atoms with van der Waals surface area (Å²) in [6, 6.07) is 8.52. The smallest absolute Gasteiger partial charge is 0.243 e. The summed E-state index contributed by atoms with van der Waals surface area (Å²) in [5.74, 6) is -5.51. The monoisotopic (exact) mass is 744 g/mol. The minimum absolute atomic E-state index is 0.0422. The minimum atomic E-state index is -1.18. The fourth-order valence-corrected chi connectivity index (χ4v) is 6.10. The molecular formula is C39H52N8O7. The number of aromatic amines is 1. The maximum Gasteiger partial charge on any atom is 0.243 e. The summed E-state index contributed by atoms with van der Waals surface area (Å²) in [5.41, 5.74) is 2.29. The van der Waals surface area contributed by atoms with Gasteiger partial charge in [0.05, 0.1) is 0 Å². The van der Waals surface area contributed by atoms with E-state index >= 15 is 0 Å². The lowest BCUT2D eigenvalue weighted by atomic mass is 9.99. The Balaban J connectivity index is 1.68. The second-order valence-corrected chi connectivity index (χ2v) is 14.5. The van der Waals surface area contributed by atoms with Crippen molar-refractivity contribution in [3.05, 3.63) is 71.9 Å². The van der Waals surface area contributed by atoms with Crippen molar-refractivity contribution in [3.8, 4) is 0 Å². The van der Waals surface area contributed by atoms with Crippen LogP contribution in [0.5, 0.6) is 0 Å². The van der Waals surface area contributed by atoms with Gasteiger partial charge in [-0.3, -0.25) is 33.6 Å². The molecule has 54 heavy (non-hydrogen) atoms. The first kappa shape index (κ1) is 41.0. The van der Waals surface area contributed by atoms with Crippen LogP contribution >= 0.6 is 0 Å². The van der Waals surface area contributed by atoms with Gasteiger partial charge in [-0.25, -0.2) is 0 Å². The second kappa shape index (κ2) is 18.3. The molecule has 1 saturated heterocycles. The predicted octanol–water partition coefficient (Wildman–Crippen LogP) is 0.732. The van der Waals surface area contributed by atoms with Gasteiger partial charge in [-0.05, 0) is 49.8 Å². The van der Waals surface area contributed by atoms with Gasteiger partial charge < -0.3 is 42.2 Å². The third kappa shape index (κ3) is 10.7. The van der Waals surface area contributed by atoms with Gasteiger partial charge in [-0.1, -0.05) is 76.2 Å². The highest BCUT2D eigenvalue weighted by Crippen LogP contribution is 2.19. The molecule has 0 radical (unpaired) electrons. The molecule has 0 aliphatic carbocycles. The maximum atomic E-state index is 13.9. The zero-order valence-corrected chi connectivity index (χ0v) is 31.7. The van der Waals surface area contributed by atoms with Crippen molar-refractivity contribution in [1.29, 1.82) is 0 Å². The normalized spacial score (nSPS) is 25.8. The van der Waals surface area contributed by atoms with Crippen LogP contribution in [0.4, 0.5) is 0 Å². The molecule has 0 spiro atoms. The minimum Gasteiger partial charge on any atom is -0.361 e. The molecule has 2 heterocycles. The lowest BCUT2D eigenvalue weighted by molar-refractivity contribution is -0.136. The average Bonchev–Trinajstić information content (AvgIpc) is 3.53. The molecule has 8 N–H and O–H groups in total. The highest BCUT2D eigenvalue weighted by Gasteiger charge is 2.35. The zero-order valence-electron chi connectivity index (χ0n) is 31.7. The number of hydrogen-bond donors (Lipinski definition) is 8. The Bertz CT molecular complexity index is 1840. The molecule has 7 atom stereocenters. The first-order valence-electron chi connectivity index (χ1n) is 18.3. The number of H-pyrrole nitrogens is 1. The van der Waals surface area contributed by atoms with Gasteiger partial charge in [0.1, 0.15) is 42.3 Å². The van der Waals surface area contributed by atoms with E-state index < -0.39 is 95.5 Å². The van der Waals surface area contributed by atoms with E-state index in [1.54, 1.807) is 58.2 Å². The highest BCUT2D eigenvalue weighted by atomic mass is 16.2. The summed E-state index contributed by atoms with van der Waals surface area (Å²) < 4.78 is 0. The number of carbonyl (C=O) groups excluding carboxylic acids is 7. The third-order valence-corrected chi connectivity index (χ3v) is 9.40. The predicted molar refractivity (Wildman–Crippen MR) is 202 cm³/mol. The molecule has 290 valence electrons. The number of amides is 7. The fraction of sp³-hybridized carbons (Fsp3) is 0.462. The van der Waals surface area contributed by atoms with Gasteiger partial charge >= 0.3 is 0 Å². The summed E-state index contributed by atoms with van der Waals surface area (Å²) >= 11 is 0. The van der Waals surface area contributed by atoms with Crippen LogP contribution in [0.1, 0.15) is 59.6 Å². The molecule has 1 aromatic heterocycles. The Morgan fingerprint density at radius 2 is 0.907 bits per heavy atom. The molecule has 0 saturated carbocycles. The summed E-state index contributed by atoms with van der Waals surface area (Å²) in [4.78, 5) is 98.3. The molecular weight excluding hydrogens is 692 g/mol. The van der Waals surface area contributed by atoms with E-state index in [9.17, 15) is 33.6 Å². The summed E-state index contributed by atoms with van der Waals surface area (Å²) in [6.07, 6.45) is 1.85. The number of carbonyl (C=O) groups is 7. The molecule has 15 nitrogen and oxygen atoms in total. The quantitative estimate of drug-likeness (QED) is 0.181. The molecule has 4 rings (SSSR count). The van der Waals surface area contributed by atoms with Gasteiger partial charge in [0, 0.05) is 29.9 Å². The van der Waals surface area contributed by atoms with Crippen LogP contribution < -0.4 is 37.2 Å². The number of aromatic nitrogens is 1. The largest absolute Gasteiger partial charge is 0.361 e. The number of hydrogen-bond acceptors (Lipinski definition) is 7. The van der Waals surface area contributed by atoms with E-state index in [0.717, 1.165) is 22.0 Å². The molecule has 0 bridgehead atoms. The molecule has 2 aromatic carbocycles. The average molecular weight is 745 g/mol. The van der Waals surface area contributed by atoms with Crippen LogP contribution in [0, 0.1) is 11.8 Å². The fourth-order valence-electron chi connectivity index (χ4n) is 6.10. The lowest BCUT2D eigenvalue weighted by Gasteiger charge is -2.29. The summed E-state index contributed by atoms with van der Waals surface area (Å²) in [5, 5.41) is 19.6. The lowest BCUT2D eigenvalue weighted by Crippen LogP contribution is -2.61. The van der Waals surface area contributed by atoms with Gasteiger partial charge in [0.25, 0.3) is 0 Å². The number of benzene rings is 2. The Labute approximate surface area is 314 Å². The first-order chi connectivity index (χ1) is 25.5. The van der Waals surface area contributed by atoms with Crippen molar-refractivity contribution in [2.75, 3.05) is 0 Å². The van der Waals surface area contributed by atoms with Crippen LogP contribution in [-0.4, -0.2) is 88.6 Å². The Kier molecular flexibility index (Phi) is 13.9. The molecule has 1 aliphatic heterocycles. The van der Waals surface area contributed by atoms with Gasteiger partial charge in [0.15, 0.2) is 0 Å². The Hall–Kier alpha value is -5.73. The highest BCUT2D eigenvalue weighted by molar-refractivity contribution is 5.98. The van der Waals surface area contributed by atoms with Crippen molar-refractivity contribution in [1.82, 2.24) is 42.2 Å². The SMILES string of the molecule is CC(C)[C@H]1NC(=O)[C@H](Cc2ccccc2)NC(=O)[C@@H](C(C)C)NC(=O)[C@@H](C)NC(=O)[C@H](C)NC(=O)[C@@H](Cc2c[nH]c3ccccc23)NC(=O)[C@@H](C)NC1=O. The van der Waals surface area contributed by atoms with E-state index in [1.165, 1.54) is 20.8 Å². The van der Waals surface area contributed by atoms with E-state index in [2.05, 4.69) is 42.2 Å². The Morgan fingerprint density at radius 3 is 1.52 bits per heavy atom. The molecule has 3 aromatic rings. The molecule has 15 heteroatoms. The van der Waals surface area contributed by atoms with E-state index in [4.69, 9.17) is 0 Å². The van der Waals surface area contributed by atoms with E-state index in [-0.39, 0.29) is 12.8 Å². The van der Waals surface area contributed by atoms with Gasteiger partial charge in [-0.2, -0.15) is 0 Å². The zero-order chi connectivity index (χ0) is 39.7. The second-order valence-electron chi connectivity index (χ2n) is 14.5. The van der Waals surface area contributed by atoms with Crippen LogP contribution in [0.25, 0.3) is 10.9 Å². The number of rotatable bonds is 6. The van der Waals surface area contributed by atoms with Crippen molar-refractivity contribution in [3.63, 3.8) is 0 Å². The van der Waals surface area contributed by atoms with Gasteiger partial charge in [0.2, 0.25) is 41.4 Å². The van der Waals surface area contributed by atoms with Crippen molar-refractivity contribution < 1.29 is 33.6 Å². The van der Waals surface area contributed by atoms with Crippen molar-refractivity contribution in [2.45, 2.75) is 104 Å². The molecule has 1 aliphatic rings. The van der Waals surface area contributed by atoms with Crippen LogP contribution in [-0.2, 0) is 46.4 Å². The third-order valence-electron chi connectivity index (χ3n) is 9.40. The van der Waals surface area contributed by atoms with Crippen LogP contribution in [0.15, 0.2) is 60.8 Å². The number of nitrogens with one attached hydrogen (secondary N) is 8. The summed E-state index contributed by atoms with van der Waals surface area (Å²) in [6.45, 7) is 11.2. The topological polar surface area (TPSA) is 219 Å². The van der Waals surface area contributed by atoms with Crippen molar-refractivity contribution >= 4 is 52.3 Å². The van der Waals surface area contributed by atoms with E-state index in [1.807, 2.05) is 30.3 Å². The number of para-hydroxylation sites is 1. The van der Waals surface area contributed by atoms with E-state index in [0.29, 0.717) is 0 Å². The Morgan fingerprint density at radius 1 is 0.481 bits per heavy atom. The molecule has 1 fully saturated rings.